The van der Waals surface area contributed by atoms with Crippen molar-refractivity contribution in [3.63, 3.8) is 0 Å². The SMILES string of the molecule is CCSC1C(=O)NC(=O)C1Br. The van der Waals surface area contributed by atoms with Gasteiger partial charge in [-0.05, 0) is 5.75 Å². The van der Waals surface area contributed by atoms with Crippen molar-refractivity contribution in [2.24, 2.45) is 0 Å². The van der Waals surface area contributed by atoms with E-state index in [2.05, 4.69) is 21.2 Å². The third-order valence-corrected chi connectivity index (χ3v) is 3.84. The highest BCUT2D eigenvalue weighted by Gasteiger charge is 2.39. The van der Waals surface area contributed by atoms with Crippen LogP contribution in [-0.4, -0.2) is 27.6 Å². The van der Waals surface area contributed by atoms with Crippen molar-refractivity contribution >= 4 is 39.5 Å². The highest BCUT2D eigenvalue weighted by molar-refractivity contribution is 9.10. The van der Waals surface area contributed by atoms with Crippen molar-refractivity contribution in [1.29, 1.82) is 0 Å². The Labute approximate surface area is 77.4 Å². The van der Waals surface area contributed by atoms with Gasteiger partial charge in [-0.15, -0.1) is 11.8 Å². The van der Waals surface area contributed by atoms with Crippen LogP contribution in [0, 0.1) is 0 Å². The maximum absolute atomic E-state index is 11.0. The molecule has 11 heavy (non-hydrogen) atoms. The molecule has 0 saturated carbocycles. The number of carbonyl (C=O) groups excluding carboxylic acids is 2. The van der Waals surface area contributed by atoms with Crippen LogP contribution < -0.4 is 5.32 Å². The molecule has 0 aromatic heterocycles. The first-order valence-corrected chi connectivity index (χ1v) is 5.23. The molecule has 0 aromatic carbocycles. The third-order valence-electron chi connectivity index (χ3n) is 1.37. The molecule has 3 nitrogen and oxygen atoms in total. The molecule has 0 radical (unpaired) electrons. The van der Waals surface area contributed by atoms with E-state index in [-0.39, 0.29) is 21.9 Å². The molecule has 2 amide bonds. The van der Waals surface area contributed by atoms with E-state index < -0.39 is 0 Å². The number of hydrogen-bond donors (Lipinski definition) is 1. The van der Waals surface area contributed by atoms with Crippen LogP contribution in [0.5, 0.6) is 0 Å². The number of amides is 2. The highest BCUT2D eigenvalue weighted by Crippen LogP contribution is 2.24. The van der Waals surface area contributed by atoms with Gasteiger partial charge in [0, 0.05) is 0 Å². The fraction of sp³-hybridized carbons (Fsp3) is 0.667. The Morgan fingerprint density at radius 1 is 1.55 bits per heavy atom. The second-order valence-electron chi connectivity index (χ2n) is 2.13. The van der Waals surface area contributed by atoms with Crippen LogP contribution in [-0.2, 0) is 9.59 Å². The largest absolute Gasteiger partial charge is 0.294 e. The van der Waals surface area contributed by atoms with E-state index in [9.17, 15) is 9.59 Å². The molecular formula is C6H8BrNO2S. The van der Waals surface area contributed by atoms with Gasteiger partial charge in [0.2, 0.25) is 11.8 Å². The molecule has 0 aliphatic carbocycles. The third kappa shape index (κ3) is 1.76. The van der Waals surface area contributed by atoms with Gasteiger partial charge in [0.15, 0.2) is 0 Å². The van der Waals surface area contributed by atoms with E-state index in [1.54, 1.807) is 0 Å². The second-order valence-corrected chi connectivity index (χ2v) is 4.54. The molecule has 1 saturated heterocycles. The molecule has 1 aliphatic rings. The van der Waals surface area contributed by atoms with Crippen LogP contribution in [0.15, 0.2) is 0 Å². The van der Waals surface area contributed by atoms with Gasteiger partial charge < -0.3 is 0 Å². The van der Waals surface area contributed by atoms with Gasteiger partial charge >= 0.3 is 0 Å². The smallest absolute Gasteiger partial charge is 0.242 e. The summed E-state index contributed by atoms with van der Waals surface area (Å²) in [4.78, 5) is 21.5. The van der Waals surface area contributed by atoms with Crippen molar-refractivity contribution in [2.75, 3.05) is 5.75 Å². The first-order chi connectivity index (χ1) is 5.16. The van der Waals surface area contributed by atoms with Crippen LogP contribution in [0.25, 0.3) is 0 Å². The Kier molecular flexibility index (Phi) is 2.95. The zero-order valence-corrected chi connectivity index (χ0v) is 8.37. The van der Waals surface area contributed by atoms with Crippen molar-refractivity contribution in [2.45, 2.75) is 17.0 Å². The number of carbonyl (C=O) groups is 2. The molecule has 0 bridgehead atoms. The molecule has 1 fully saturated rings. The van der Waals surface area contributed by atoms with Crippen molar-refractivity contribution in [3.8, 4) is 0 Å². The van der Waals surface area contributed by atoms with Crippen LogP contribution in [0.1, 0.15) is 6.92 Å². The molecule has 2 unspecified atom stereocenters. The van der Waals surface area contributed by atoms with Crippen molar-refractivity contribution in [3.05, 3.63) is 0 Å². The minimum atomic E-state index is -0.347. The number of rotatable bonds is 2. The Balaban J connectivity index is 2.63. The van der Waals surface area contributed by atoms with Crippen LogP contribution >= 0.6 is 27.7 Å². The summed E-state index contributed by atoms with van der Waals surface area (Å²) in [5, 5.41) is 2.01. The maximum Gasteiger partial charge on any atom is 0.242 e. The summed E-state index contributed by atoms with van der Waals surface area (Å²) in [6, 6.07) is 0. The Morgan fingerprint density at radius 3 is 2.55 bits per heavy atom. The van der Waals surface area contributed by atoms with Crippen LogP contribution in [0.2, 0.25) is 0 Å². The van der Waals surface area contributed by atoms with Crippen LogP contribution in [0.4, 0.5) is 0 Å². The van der Waals surface area contributed by atoms with E-state index in [0.717, 1.165) is 5.75 Å². The van der Waals surface area contributed by atoms with E-state index in [4.69, 9.17) is 0 Å². The molecule has 5 heteroatoms. The molecule has 0 spiro atoms. The van der Waals surface area contributed by atoms with Gasteiger partial charge in [-0.1, -0.05) is 22.9 Å². The minimum Gasteiger partial charge on any atom is -0.294 e. The van der Waals surface area contributed by atoms with Crippen molar-refractivity contribution in [1.82, 2.24) is 5.32 Å². The molecule has 62 valence electrons. The topological polar surface area (TPSA) is 46.2 Å². The lowest BCUT2D eigenvalue weighted by Gasteiger charge is -2.05. The highest BCUT2D eigenvalue weighted by atomic mass is 79.9. The number of thioether (sulfide) groups is 1. The predicted molar refractivity (Wildman–Crippen MR) is 47.8 cm³/mol. The molecule has 1 heterocycles. The lowest BCUT2D eigenvalue weighted by atomic mass is 10.3. The van der Waals surface area contributed by atoms with E-state index in [0.29, 0.717) is 0 Å². The lowest BCUT2D eigenvalue weighted by Crippen LogP contribution is -2.23. The van der Waals surface area contributed by atoms with Crippen LogP contribution in [0.3, 0.4) is 0 Å². The van der Waals surface area contributed by atoms with Gasteiger partial charge in [-0.25, -0.2) is 0 Å². The Hall–Kier alpha value is -0.0300. The molecule has 1 aliphatic heterocycles. The van der Waals surface area contributed by atoms with Gasteiger partial charge in [-0.3, -0.25) is 14.9 Å². The molecule has 1 N–H and O–H groups in total. The number of nitrogens with one attached hydrogen (secondary N) is 1. The average molecular weight is 238 g/mol. The number of hydrogen-bond acceptors (Lipinski definition) is 3. The minimum absolute atomic E-state index is 0.177. The number of halogens is 1. The van der Waals surface area contributed by atoms with E-state index in [1.807, 2.05) is 6.92 Å². The van der Waals surface area contributed by atoms with Gasteiger partial charge in [-0.2, -0.15) is 0 Å². The first kappa shape index (κ1) is 9.06. The summed E-state index contributed by atoms with van der Waals surface area (Å²) >= 11 is 4.64. The van der Waals surface area contributed by atoms with Gasteiger partial charge in [0.05, 0.1) is 0 Å². The van der Waals surface area contributed by atoms with Gasteiger partial charge in [0.25, 0.3) is 0 Å². The average Bonchev–Trinajstić information content (AvgIpc) is 2.17. The van der Waals surface area contributed by atoms with E-state index >= 15 is 0 Å². The fourth-order valence-electron chi connectivity index (χ4n) is 0.872. The monoisotopic (exact) mass is 237 g/mol. The lowest BCUT2D eigenvalue weighted by molar-refractivity contribution is -0.124. The second kappa shape index (κ2) is 3.58. The molecule has 2 atom stereocenters. The fourth-order valence-corrected chi connectivity index (χ4v) is 2.55. The van der Waals surface area contributed by atoms with Crippen molar-refractivity contribution < 1.29 is 9.59 Å². The summed E-state index contributed by atoms with van der Waals surface area (Å²) in [5.41, 5.74) is 0. The summed E-state index contributed by atoms with van der Waals surface area (Å²) in [7, 11) is 0. The normalized spacial score (nSPS) is 30.7. The molecular weight excluding hydrogens is 230 g/mol. The first-order valence-electron chi connectivity index (χ1n) is 3.27. The van der Waals surface area contributed by atoms with E-state index in [1.165, 1.54) is 11.8 Å². The van der Waals surface area contributed by atoms with Gasteiger partial charge in [0.1, 0.15) is 10.1 Å². The number of imide groups is 1. The number of alkyl halides is 1. The standard InChI is InChI=1S/C6H8BrNO2S/c1-2-11-4-3(7)5(9)8-6(4)10/h3-4H,2H2,1H3,(H,8,9,10). The summed E-state index contributed by atoms with van der Waals surface area (Å²) in [5.74, 6) is 0.442. The summed E-state index contributed by atoms with van der Waals surface area (Å²) < 4.78 is 0. The maximum atomic E-state index is 11.0. The zero-order valence-electron chi connectivity index (χ0n) is 5.96. The summed E-state index contributed by atoms with van der Waals surface area (Å²) in [6.45, 7) is 1.96. The molecule has 0 aromatic rings. The Bertz CT molecular complexity index is 197. The summed E-state index contributed by atoms with van der Waals surface area (Å²) in [6.07, 6.45) is 0. The molecule has 1 rings (SSSR count). The predicted octanol–water partition coefficient (Wildman–Crippen LogP) is 0.528. The Morgan fingerprint density at radius 2 is 2.18 bits per heavy atom. The quantitative estimate of drug-likeness (QED) is 0.563. The zero-order chi connectivity index (χ0) is 8.43.